The monoisotopic (exact) mass is 415 g/mol. The van der Waals surface area contributed by atoms with E-state index >= 15 is 0 Å². The number of hydrogen-bond acceptors (Lipinski definition) is 4. The van der Waals surface area contributed by atoms with Gasteiger partial charge in [-0.2, -0.15) is 0 Å². The Bertz CT molecular complexity index is 1040. The summed E-state index contributed by atoms with van der Waals surface area (Å²) in [5, 5.41) is 13.8. The largest absolute Gasteiger partial charge is 0.508 e. The number of carbonyl (C=O) groups excluding carboxylic acids is 1. The van der Waals surface area contributed by atoms with E-state index in [1.165, 1.54) is 0 Å². The Hall–Kier alpha value is -3.11. The van der Waals surface area contributed by atoms with Gasteiger partial charge in [0.1, 0.15) is 17.9 Å². The number of esters is 1. The molecule has 0 unspecified atom stereocenters. The topological polar surface area (TPSA) is 58.6 Å². The lowest BCUT2D eigenvalue weighted by Crippen LogP contribution is -2.49. The van der Waals surface area contributed by atoms with E-state index in [9.17, 15) is 9.90 Å². The molecule has 1 aliphatic rings. The molecular formula is C27H29NO3. The molecule has 1 heterocycles. The van der Waals surface area contributed by atoms with Crippen LogP contribution in [0.2, 0.25) is 0 Å². The number of rotatable bonds is 4. The van der Waals surface area contributed by atoms with Crippen LogP contribution < -0.4 is 5.32 Å². The van der Waals surface area contributed by atoms with Crippen molar-refractivity contribution in [3.05, 3.63) is 101 Å². The number of morpholine rings is 1. The van der Waals surface area contributed by atoms with Gasteiger partial charge < -0.3 is 9.84 Å². The fraction of sp³-hybridized carbons (Fsp3) is 0.296. The Labute approximate surface area is 183 Å². The maximum absolute atomic E-state index is 13.0. The highest BCUT2D eigenvalue weighted by atomic mass is 16.5. The number of ether oxygens (including phenoxy) is 1. The minimum atomic E-state index is -0.470. The van der Waals surface area contributed by atoms with E-state index in [2.05, 4.69) is 38.2 Å². The first-order chi connectivity index (χ1) is 14.8. The van der Waals surface area contributed by atoms with Crippen molar-refractivity contribution < 1.29 is 14.6 Å². The van der Waals surface area contributed by atoms with Gasteiger partial charge in [-0.1, -0.05) is 93.6 Å². The van der Waals surface area contributed by atoms with E-state index < -0.39 is 12.1 Å². The quantitative estimate of drug-likeness (QED) is 0.573. The predicted molar refractivity (Wildman–Crippen MR) is 122 cm³/mol. The summed E-state index contributed by atoms with van der Waals surface area (Å²) in [5.41, 5.74) is 3.72. The normalized spacial score (nSPS) is 21.5. The first-order valence-corrected chi connectivity index (χ1v) is 10.7. The number of cyclic esters (lactones) is 1. The zero-order chi connectivity index (χ0) is 22.0. The number of aromatic hydroxyl groups is 1. The molecule has 2 N–H and O–H groups in total. The Morgan fingerprint density at radius 2 is 1.52 bits per heavy atom. The maximum Gasteiger partial charge on any atom is 0.324 e. The van der Waals surface area contributed by atoms with Gasteiger partial charge in [-0.3, -0.25) is 10.1 Å². The van der Waals surface area contributed by atoms with Crippen LogP contribution in [0.5, 0.6) is 5.75 Å². The standard InChI is InChI=1S/C27H29NO3/c1-27(2,3)21-16-18(14-15-23(21)29)17-22-26(30)31-25(20-12-8-5-9-13-20)24(28-22)19-10-6-4-7-11-19/h4-16,22,24-25,28-29H,17H2,1-3H3/t22-,24-,25+/m0/s1. The molecule has 1 saturated heterocycles. The van der Waals surface area contributed by atoms with Crippen LogP contribution in [0, 0.1) is 0 Å². The highest BCUT2D eigenvalue weighted by molar-refractivity contribution is 5.77. The number of nitrogens with one attached hydrogen (secondary N) is 1. The third-order valence-electron chi connectivity index (χ3n) is 5.81. The molecule has 0 radical (unpaired) electrons. The summed E-state index contributed by atoms with van der Waals surface area (Å²) in [5.74, 6) is 0.0214. The molecule has 4 heteroatoms. The van der Waals surface area contributed by atoms with E-state index in [1.807, 2.05) is 60.7 Å². The van der Waals surface area contributed by atoms with E-state index in [-0.39, 0.29) is 23.2 Å². The summed E-state index contributed by atoms with van der Waals surface area (Å²) >= 11 is 0. The molecule has 0 aliphatic carbocycles. The fourth-order valence-electron chi connectivity index (χ4n) is 4.17. The zero-order valence-electron chi connectivity index (χ0n) is 18.2. The smallest absolute Gasteiger partial charge is 0.324 e. The van der Waals surface area contributed by atoms with Gasteiger partial charge in [0.2, 0.25) is 0 Å². The van der Waals surface area contributed by atoms with Gasteiger partial charge in [0.25, 0.3) is 0 Å². The second kappa shape index (κ2) is 8.56. The van der Waals surface area contributed by atoms with Gasteiger partial charge in [0, 0.05) is 0 Å². The van der Waals surface area contributed by atoms with Crippen LogP contribution in [0.4, 0.5) is 0 Å². The molecule has 0 saturated carbocycles. The third kappa shape index (κ3) is 4.64. The van der Waals surface area contributed by atoms with Crippen molar-refractivity contribution >= 4 is 5.97 Å². The number of phenols is 1. The van der Waals surface area contributed by atoms with Crippen molar-refractivity contribution in [2.24, 2.45) is 0 Å². The van der Waals surface area contributed by atoms with Crippen LogP contribution in [0.3, 0.4) is 0 Å². The molecule has 1 aliphatic heterocycles. The molecule has 0 spiro atoms. The van der Waals surface area contributed by atoms with Gasteiger partial charge in [0.15, 0.2) is 0 Å². The summed E-state index contributed by atoms with van der Waals surface area (Å²) in [6.07, 6.45) is 0.102. The van der Waals surface area contributed by atoms with Gasteiger partial charge in [-0.05, 0) is 40.2 Å². The van der Waals surface area contributed by atoms with Crippen molar-refractivity contribution in [1.29, 1.82) is 0 Å². The molecule has 1 fully saturated rings. The SMILES string of the molecule is CC(C)(C)c1cc(C[C@@H]2N[C@@H](c3ccccc3)[C@@H](c3ccccc3)OC2=O)ccc1O. The fourth-order valence-corrected chi connectivity index (χ4v) is 4.17. The minimum absolute atomic E-state index is 0.148. The van der Waals surface area contributed by atoms with Gasteiger partial charge in [-0.25, -0.2) is 0 Å². The number of phenolic OH excluding ortho intramolecular Hbond substituents is 1. The molecule has 31 heavy (non-hydrogen) atoms. The number of carbonyl (C=O) groups is 1. The highest BCUT2D eigenvalue weighted by Gasteiger charge is 2.38. The van der Waals surface area contributed by atoms with Crippen molar-refractivity contribution in [3.63, 3.8) is 0 Å². The molecule has 4 nitrogen and oxygen atoms in total. The second-order valence-corrected chi connectivity index (χ2v) is 9.18. The first-order valence-electron chi connectivity index (χ1n) is 10.7. The predicted octanol–water partition coefficient (Wildman–Crippen LogP) is 5.23. The Morgan fingerprint density at radius 3 is 2.13 bits per heavy atom. The average Bonchev–Trinajstić information content (AvgIpc) is 2.76. The van der Waals surface area contributed by atoms with Crippen LogP contribution in [0.1, 0.15) is 55.2 Å². The van der Waals surface area contributed by atoms with Crippen molar-refractivity contribution in [2.75, 3.05) is 0 Å². The number of benzene rings is 3. The lowest BCUT2D eigenvalue weighted by atomic mass is 9.84. The summed E-state index contributed by atoms with van der Waals surface area (Å²) in [6, 6.07) is 24.9. The van der Waals surface area contributed by atoms with Crippen molar-refractivity contribution in [3.8, 4) is 5.75 Å². The molecule has 3 aromatic carbocycles. The highest BCUT2D eigenvalue weighted by Crippen LogP contribution is 2.37. The second-order valence-electron chi connectivity index (χ2n) is 9.18. The third-order valence-corrected chi connectivity index (χ3v) is 5.81. The Kier molecular flexibility index (Phi) is 5.84. The van der Waals surface area contributed by atoms with Crippen LogP contribution in [0.15, 0.2) is 78.9 Å². The van der Waals surface area contributed by atoms with E-state index in [1.54, 1.807) is 6.07 Å². The van der Waals surface area contributed by atoms with Gasteiger partial charge >= 0.3 is 5.97 Å². The summed E-state index contributed by atoms with van der Waals surface area (Å²) in [6.45, 7) is 6.19. The molecule has 3 atom stereocenters. The van der Waals surface area contributed by atoms with Gasteiger partial charge in [0.05, 0.1) is 6.04 Å². The Balaban J connectivity index is 1.63. The average molecular weight is 416 g/mol. The van der Waals surface area contributed by atoms with Crippen LogP contribution >= 0.6 is 0 Å². The van der Waals surface area contributed by atoms with Crippen molar-refractivity contribution in [2.45, 2.75) is 50.8 Å². The van der Waals surface area contributed by atoms with Crippen LogP contribution in [0.25, 0.3) is 0 Å². The maximum atomic E-state index is 13.0. The molecule has 160 valence electrons. The van der Waals surface area contributed by atoms with E-state index in [0.29, 0.717) is 6.42 Å². The molecule has 0 bridgehead atoms. The molecule has 0 aromatic heterocycles. The summed E-state index contributed by atoms with van der Waals surface area (Å²) in [7, 11) is 0. The van der Waals surface area contributed by atoms with Crippen LogP contribution in [-0.4, -0.2) is 17.1 Å². The van der Waals surface area contributed by atoms with Crippen molar-refractivity contribution in [1.82, 2.24) is 5.32 Å². The molecular weight excluding hydrogens is 386 g/mol. The summed E-state index contributed by atoms with van der Waals surface area (Å²) in [4.78, 5) is 13.0. The lowest BCUT2D eigenvalue weighted by Gasteiger charge is -2.37. The zero-order valence-corrected chi connectivity index (χ0v) is 18.2. The molecule has 0 amide bonds. The van der Waals surface area contributed by atoms with Crippen LogP contribution in [-0.2, 0) is 21.4 Å². The first kappa shape index (κ1) is 21.1. The molecule has 4 rings (SSSR count). The minimum Gasteiger partial charge on any atom is -0.508 e. The van der Waals surface area contributed by atoms with E-state index in [0.717, 1.165) is 22.3 Å². The lowest BCUT2D eigenvalue weighted by molar-refractivity contribution is -0.160. The number of hydrogen-bond donors (Lipinski definition) is 2. The van der Waals surface area contributed by atoms with Gasteiger partial charge in [-0.15, -0.1) is 0 Å². The Morgan fingerprint density at radius 1 is 0.903 bits per heavy atom. The van der Waals surface area contributed by atoms with E-state index in [4.69, 9.17) is 4.74 Å². The molecule has 3 aromatic rings. The summed E-state index contributed by atoms with van der Waals surface area (Å²) < 4.78 is 5.99.